The summed E-state index contributed by atoms with van der Waals surface area (Å²) in [6.07, 6.45) is 5.83. The van der Waals surface area contributed by atoms with E-state index in [4.69, 9.17) is 0 Å². The minimum Gasteiger partial charge on any atom is -0.466 e. The summed E-state index contributed by atoms with van der Waals surface area (Å²) >= 11 is 0. The topological polar surface area (TPSA) is 18.5 Å². The molecule has 0 spiro atoms. The average molecular weight is 116 g/mol. The van der Waals surface area contributed by atoms with Crippen molar-refractivity contribution >= 4 is 13.5 Å². The van der Waals surface area contributed by atoms with E-state index < -0.39 is 0 Å². The Hall–Kier alpha value is -0.570. The molecule has 7 heavy (non-hydrogen) atoms. The molecule has 1 heterocycles. The fourth-order valence-electron chi connectivity index (χ4n) is 0.219. The van der Waals surface area contributed by atoms with Gasteiger partial charge in [0.2, 0.25) is 0 Å². The number of hydrogen-bond acceptors (Lipinski definition) is 2. The standard InChI is InChI=1S/C4H4O2.S/c1-2-6-4-3-5-1;/h1-4H;. The van der Waals surface area contributed by atoms with Crippen LogP contribution in [0.25, 0.3) is 0 Å². The first-order chi connectivity index (χ1) is 3.00. The molecule has 2 nitrogen and oxygen atoms in total. The van der Waals surface area contributed by atoms with Crippen LogP contribution in [0.3, 0.4) is 0 Å². The molecule has 0 N–H and O–H groups in total. The van der Waals surface area contributed by atoms with E-state index in [0.717, 1.165) is 0 Å². The lowest BCUT2D eigenvalue weighted by atomic mass is 10.9. The Balaban J connectivity index is 0.000000360. The lowest BCUT2D eigenvalue weighted by Gasteiger charge is -1.94. The molecular weight excluding hydrogens is 112 g/mol. The van der Waals surface area contributed by atoms with Crippen molar-refractivity contribution in [1.82, 2.24) is 0 Å². The maximum Gasteiger partial charge on any atom is 0.125 e. The predicted molar refractivity (Wildman–Crippen MR) is 28.0 cm³/mol. The molecule has 0 atom stereocenters. The molecule has 1 aliphatic rings. The van der Waals surface area contributed by atoms with Gasteiger partial charge in [-0.15, -0.1) is 0 Å². The Kier molecular flexibility index (Phi) is 3.32. The van der Waals surface area contributed by atoms with Gasteiger partial charge in [-0.3, -0.25) is 0 Å². The molecule has 0 saturated heterocycles. The molecule has 0 aromatic rings. The van der Waals surface area contributed by atoms with E-state index in [1.165, 1.54) is 25.0 Å². The largest absolute Gasteiger partial charge is 0.466 e. The third-order valence-corrected chi connectivity index (χ3v) is 0.425. The zero-order valence-corrected chi connectivity index (χ0v) is 4.35. The Morgan fingerprint density at radius 3 is 1.14 bits per heavy atom. The van der Waals surface area contributed by atoms with Gasteiger partial charge in [0.1, 0.15) is 25.0 Å². The van der Waals surface area contributed by atoms with Crippen LogP contribution in [0.5, 0.6) is 0 Å². The quantitative estimate of drug-likeness (QED) is 0.478. The molecule has 0 saturated carbocycles. The average Bonchev–Trinajstić information content (AvgIpc) is 1.72. The van der Waals surface area contributed by atoms with Crippen molar-refractivity contribution in [3.63, 3.8) is 0 Å². The molecule has 1 rings (SSSR count). The van der Waals surface area contributed by atoms with Crippen LogP contribution in [0.2, 0.25) is 0 Å². The number of ether oxygens (including phenoxy) is 2. The Bertz CT molecular complexity index is 67.7. The van der Waals surface area contributed by atoms with Crippen LogP contribution in [-0.4, -0.2) is 0 Å². The van der Waals surface area contributed by atoms with Crippen molar-refractivity contribution in [2.75, 3.05) is 0 Å². The van der Waals surface area contributed by atoms with Gasteiger partial charge in [0.15, 0.2) is 0 Å². The van der Waals surface area contributed by atoms with Crippen LogP contribution in [0, 0.1) is 0 Å². The third-order valence-electron chi connectivity index (χ3n) is 0.425. The fraction of sp³-hybridized carbons (Fsp3) is 0. The van der Waals surface area contributed by atoms with Crippen LogP contribution in [0.15, 0.2) is 25.0 Å². The predicted octanol–water partition coefficient (Wildman–Crippen LogP) is 1.62. The summed E-state index contributed by atoms with van der Waals surface area (Å²) in [6, 6.07) is 0. The summed E-state index contributed by atoms with van der Waals surface area (Å²) in [5.74, 6) is 0. The van der Waals surface area contributed by atoms with Crippen molar-refractivity contribution in [1.29, 1.82) is 0 Å². The van der Waals surface area contributed by atoms with Crippen LogP contribution in [0.4, 0.5) is 0 Å². The molecule has 0 fully saturated rings. The van der Waals surface area contributed by atoms with Gasteiger partial charge in [0.05, 0.1) is 0 Å². The van der Waals surface area contributed by atoms with Crippen LogP contribution in [-0.2, 0) is 9.47 Å². The van der Waals surface area contributed by atoms with Gasteiger partial charge >= 0.3 is 0 Å². The maximum atomic E-state index is 4.58. The van der Waals surface area contributed by atoms with Crippen molar-refractivity contribution in [2.24, 2.45) is 0 Å². The second-order valence-electron chi connectivity index (χ2n) is 0.816. The first-order valence-electron chi connectivity index (χ1n) is 1.61. The summed E-state index contributed by atoms with van der Waals surface area (Å²) < 4.78 is 9.17. The normalized spacial score (nSPS) is 13.7. The smallest absolute Gasteiger partial charge is 0.125 e. The number of rotatable bonds is 0. The highest BCUT2D eigenvalue weighted by atomic mass is 32.1. The fourth-order valence-corrected chi connectivity index (χ4v) is 0.219. The van der Waals surface area contributed by atoms with E-state index in [1.807, 2.05) is 0 Å². The lowest BCUT2D eigenvalue weighted by molar-refractivity contribution is 0.290. The summed E-state index contributed by atoms with van der Waals surface area (Å²) in [5, 5.41) is 0. The summed E-state index contributed by atoms with van der Waals surface area (Å²) in [7, 11) is 0. The van der Waals surface area contributed by atoms with E-state index in [-0.39, 0.29) is 13.5 Å². The van der Waals surface area contributed by atoms with Crippen molar-refractivity contribution in [3.8, 4) is 0 Å². The van der Waals surface area contributed by atoms with Gasteiger partial charge in [0, 0.05) is 13.5 Å². The highest BCUT2D eigenvalue weighted by molar-refractivity contribution is 7.59. The van der Waals surface area contributed by atoms with Gasteiger partial charge in [-0.2, -0.15) is 0 Å². The molecule has 38 valence electrons. The summed E-state index contributed by atoms with van der Waals surface area (Å²) in [6.45, 7) is 0. The zero-order chi connectivity index (χ0) is 4.24. The van der Waals surface area contributed by atoms with Gasteiger partial charge < -0.3 is 9.47 Å². The number of hydrogen-bond donors (Lipinski definition) is 0. The van der Waals surface area contributed by atoms with Crippen LogP contribution >= 0.6 is 13.5 Å². The van der Waals surface area contributed by atoms with Gasteiger partial charge in [-0.05, 0) is 0 Å². The molecule has 0 aromatic carbocycles. The highest BCUT2D eigenvalue weighted by Crippen LogP contribution is 1.89. The van der Waals surface area contributed by atoms with Crippen molar-refractivity contribution in [3.05, 3.63) is 25.0 Å². The maximum absolute atomic E-state index is 4.58. The highest BCUT2D eigenvalue weighted by Gasteiger charge is 1.74. The molecule has 0 unspecified atom stereocenters. The van der Waals surface area contributed by atoms with Crippen molar-refractivity contribution in [2.45, 2.75) is 0 Å². The SMILES string of the molecule is C1=COC=CO1.[S]. The zero-order valence-electron chi connectivity index (χ0n) is 3.53. The minimum absolute atomic E-state index is 0. The molecule has 0 bridgehead atoms. The van der Waals surface area contributed by atoms with E-state index in [2.05, 4.69) is 9.47 Å². The summed E-state index contributed by atoms with van der Waals surface area (Å²) in [4.78, 5) is 0. The molecule has 1 aliphatic heterocycles. The minimum atomic E-state index is 0. The van der Waals surface area contributed by atoms with E-state index >= 15 is 0 Å². The van der Waals surface area contributed by atoms with E-state index in [0.29, 0.717) is 0 Å². The first-order valence-corrected chi connectivity index (χ1v) is 1.61. The van der Waals surface area contributed by atoms with Gasteiger partial charge in [-0.1, -0.05) is 0 Å². The van der Waals surface area contributed by atoms with E-state index in [1.54, 1.807) is 0 Å². The molecular formula is C4H4O2S. The van der Waals surface area contributed by atoms with Gasteiger partial charge in [-0.25, -0.2) is 0 Å². The lowest BCUT2D eigenvalue weighted by Crippen LogP contribution is -1.74. The third kappa shape index (κ3) is 2.17. The second kappa shape index (κ2) is 3.61. The van der Waals surface area contributed by atoms with Crippen LogP contribution in [0.1, 0.15) is 0 Å². The Morgan fingerprint density at radius 1 is 0.714 bits per heavy atom. The first kappa shape index (κ1) is 6.43. The Morgan fingerprint density at radius 2 is 1.00 bits per heavy atom. The second-order valence-corrected chi connectivity index (χ2v) is 0.816. The monoisotopic (exact) mass is 116 g/mol. The van der Waals surface area contributed by atoms with Crippen molar-refractivity contribution < 1.29 is 9.47 Å². The van der Waals surface area contributed by atoms with E-state index in [9.17, 15) is 0 Å². The van der Waals surface area contributed by atoms with Crippen LogP contribution < -0.4 is 0 Å². The van der Waals surface area contributed by atoms with Gasteiger partial charge in [0.25, 0.3) is 0 Å². The summed E-state index contributed by atoms with van der Waals surface area (Å²) in [5.41, 5.74) is 0. The molecule has 0 aromatic heterocycles. The Labute approximate surface area is 48.9 Å². The molecule has 0 amide bonds. The molecule has 0 aliphatic carbocycles. The molecule has 3 heteroatoms. The molecule has 2 radical (unpaired) electrons.